The fraction of sp³-hybridized carbons (Fsp3) is 0.938. The van der Waals surface area contributed by atoms with E-state index in [-0.39, 0.29) is 6.10 Å². The lowest BCUT2D eigenvalue weighted by atomic mass is 9.97. The molecular formula is C16H28N2O2. The van der Waals surface area contributed by atoms with Gasteiger partial charge in [0.2, 0.25) is 5.91 Å². The fourth-order valence-corrected chi connectivity index (χ4v) is 4.15. The number of piperidine rings is 1. The summed E-state index contributed by atoms with van der Waals surface area (Å²) in [5.74, 6) is 0.324. The summed E-state index contributed by atoms with van der Waals surface area (Å²) < 4.78 is 5.63. The normalized spacial score (nSPS) is 36.2. The Kier molecular flexibility index (Phi) is 4.61. The molecule has 3 fully saturated rings. The molecule has 114 valence electrons. The van der Waals surface area contributed by atoms with Crippen molar-refractivity contribution in [3.63, 3.8) is 0 Å². The molecule has 0 aromatic rings. The van der Waals surface area contributed by atoms with E-state index in [4.69, 9.17) is 4.74 Å². The Balaban J connectivity index is 1.60. The Morgan fingerprint density at radius 2 is 2.00 bits per heavy atom. The summed E-state index contributed by atoms with van der Waals surface area (Å²) in [7, 11) is 0. The van der Waals surface area contributed by atoms with Crippen LogP contribution < -0.4 is 5.32 Å². The van der Waals surface area contributed by atoms with Crippen LogP contribution >= 0.6 is 0 Å². The topological polar surface area (TPSA) is 41.6 Å². The minimum Gasteiger partial charge on any atom is -0.378 e. The first kappa shape index (κ1) is 14.3. The van der Waals surface area contributed by atoms with Gasteiger partial charge >= 0.3 is 0 Å². The number of amides is 1. The Morgan fingerprint density at radius 1 is 1.25 bits per heavy atom. The molecule has 0 aromatic carbocycles. The molecule has 0 spiro atoms. The molecule has 3 atom stereocenters. The molecule has 3 saturated heterocycles. The average Bonchev–Trinajstić information content (AvgIpc) is 3.05. The van der Waals surface area contributed by atoms with Gasteiger partial charge in [-0.25, -0.2) is 0 Å². The quantitative estimate of drug-likeness (QED) is 0.838. The van der Waals surface area contributed by atoms with Gasteiger partial charge in [-0.1, -0.05) is 6.92 Å². The maximum Gasteiger partial charge on any atom is 0.225 e. The minimum atomic E-state index is 0.181. The maximum atomic E-state index is 12.6. The van der Waals surface area contributed by atoms with Crippen molar-refractivity contribution in [1.29, 1.82) is 0 Å². The van der Waals surface area contributed by atoms with Crippen molar-refractivity contribution >= 4 is 5.91 Å². The van der Waals surface area contributed by atoms with Crippen LogP contribution in [0.5, 0.6) is 0 Å². The van der Waals surface area contributed by atoms with Crippen LogP contribution in [0.25, 0.3) is 0 Å². The number of fused-ring (bicyclic) bond motifs is 2. The Morgan fingerprint density at radius 3 is 2.60 bits per heavy atom. The van der Waals surface area contributed by atoms with Gasteiger partial charge in [0.15, 0.2) is 0 Å². The van der Waals surface area contributed by atoms with Gasteiger partial charge in [-0.05, 0) is 44.9 Å². The largest absolute Gasteiger partial charge is 0.378 e. The van der Waals surface area contributed by atoms with E-state index < -0.39 is 0 Å². The summed E-state index contributed by atoms with van der Waals surface area (Å²) in [5, 5.41) is 3.67. The van der Waals surface area contributed by atoms with Gasteiger partial charge < -0.3 is 15.0 Å². The van der Waals surface area contributed by atoms with E-state index in [2.05, 4.69) is 17.1 Å². The van der Waals surface area contributed by atoms with E-state index in [1.807, 2.05) is 0 Å². The minimum absolute atomic E-state index is 0.181. The summed E-state index contributed by atoms with van der Waals surface area (Å²) in [6.45, 7) is 3.92. The van der Waals surface area contributed by atoms with Crippen molar-refractivity contribution in [2.45, 2.75) is 82.5 Å². The number of nitrogens with zero attached hydrogens (tertiary/aromatic N) is 1. The zero-order valence-electron chi connectivity index (χ0n) is 12.6. The highest BCUT2D eigenvalue weighted by atomic mass is 16.5. The van der Waals surface area contributed by atoms with Gasteiger partial charge in [-0.3, -0.25) is 4.79 Å². The second-order valence-corrected chi connectivity index (χ2v) is 6.69. The number of carbonyl (C=O) groups excluding carboxylic acids is 1. The second-order valence-electron chi connectivity index (χ2n) is 6.69. The van der Waals surface area contributed by atoms with E-state index in [1.54, 1.807) is 0 Å². The molecule has 0 aromatic heterocycles. The number of hydrogen-bond acceptors (Lipinski definition) is 3. The summed E-state index contributed by atoms with van der Waals surface area (Å²) >= 11 is 0. The van der Waals surface area contributed by atoms with E-state index >= 15 is 0 Å². The van der Waals surface area contributed by atoms with Gasteiger partial charge in [-0.15, -0.1) is 0 Å². The van der Waals surface area contributed by atoms with Crippen molar-refractivity contribution in [3.8, 4) is 0 Å². The summed E-state index contributed by atoms with van der Waals surface area (Å²) in [6.07, 6.45) is 8.88. The predicted octanol–water partition coefficient (Wildman–Crippen LogP) is 2.08. The molecule has 3 aliphatic rings. The molecular weight excluding hydrogens is 252 g/mol. The smallest absolute Gasteiger partial charge is 0.225 e. The molecule has 4 nitrogen and oxygen atoms in total. The average molecular weight is 280 g/mol. The number of rotatable bonds is 5. The van der Waals surface area contributed by atoms with E-state index in [1.165, 1.54) is 12.8 Å². The van der Waals surface area contributed by atoms with E-state index in [9.17, 15) is 4.79 Å². The van der Waals surface area contributed by atoms with Crippen LogP contribution in [0.3, 0.4) is 0 Å². The van der Waals surface area contributed by atoms with Gasteiger partial charge in [0, 0.05) is 31.3 Å². The van der Waals surface area contributed by atoms with Crippen LogP contribution in [0.2, 0.25) is 0 Å². The third-order valence-electron chi connectivity index (χ3n) is 5.10. The first-order chi connectivity index (χ1) is 9.76. The molecule has 0 radical (unpaired) electrons. The van der Waals surface area contributed by atoms with Crippen LogP contribution in [-0.4, -0.2) is 48.2 Å². The van der Waals surface area contributed by atoms with Gasteiger partial charge in [0.05, 0.1) is 12.5 Å². The standard InChI is InChI=1S/C16H28N2O2/c1-2-7-18(16(19)11-15-4-3-8-20-15)14-9-12-5-6-13(10-14)17-12/h12-15,17H,2-11H2,1H3. The highest BCUT2D eigenvalue weighted by Gasteiger charge is 2.37. The Bertz CT molecular complexity index is 329. The SMILES string of the molecule is CCCN(C(=O)CC1CCCO1)C1CC2CCC(C1)N2. The summed E-state index contributed by atoms with van der Waals surface area (Å²) in [6, 6.07) is 1.75. The second kappa shape index (κ2) is 6.44. The van der Waals surface area contributed by atoms with Crippen LogP contribution in [-0.2, 0) is 9.53 Å². The van der Waals surface area contributed by atoms with Crippen molar-refractivity contribution in [2.75, 3.05) is 13.2 Å². The molecule has 3 rings (SSSR count). The van der Waals surface area contributed by atoms with E-state index in [0.29, 0.717) is 30.5 Å². The fourth-order valence-electron chi connectivity index (χ4n) is 4.15. The van der Waals surface area contributed by atoms with Crippen LogP contribution in [0.4, 0.5) is 0 Å². The van der Waals surface area contributed by atoms with Crippen molar-refractivity contribution in [2.24, 2.45) is 0 Å². The molecule has 3 aliphatic heterocycles. The highest BCUT2D eigenvalue weighted by Crippen LogP contribution is 2.30. The first-order valence-corrected chi connectivity index (χ1v) is 8.43. The molecule has 2 bridgehead atoms. The lowest BCUT2D eigenvalue weighted by Gasteiger charge is -2.38. The summed E-state index contributed by atoms with van der Waals surface area (Å²) in [4.78, 5) is 14.8. The van der Waals surface area contributed by atoms with Crippen LogP contribution in [0.1, 0.15) is 58.3 Å². The number of hydrogen-bond donors (Lipinski definition) is 1. The lowest BCUT2D eigenvalue weighted by Crippen LogP contribution is -2.50. The highest BCUT2D eigenvalue weighted by molar-refractivity contribution is 5.77. The van der Waals surface area contributed by atoms with Gasteiger partial charge in [0.1, 0.15) is 0 Å². The third kappa shape index (κ3) is 3.17. The number of carbonyl (C=O) groups is 1. The molecule has 3 unspecified atom stereocenters. The Labute approximate surface area is 122 Å². The number of ether oxygens (including phenoxy) is 1. The molecule has 3 heterocycles. The zero-order chi connectivity index (χ0) is 13.9. The Hall–Kier alpha value is -0.610. The van der Waals surface area contributed by atoms with Crippen molar-refractivity contribution in [3.05, 3.63) is 0 Å². The number of nitrogens with one attached hydrogen (secondary N) is 1. The summed E-state index contributed by atoms with van der Waals surface area (Å²) in [5.41, 5.74) is 0. The van der Waals surface area contributed by atoms with Crippen LogP contribution in [0, 0.1) is 0 Å². The molecule has 4 heteroatoms. The molecule has 0 aliphatic carbocycles. The van der Waals surface area contributed by atoms with Crippen molar-refractivity contribution < 1.29 is 9.53 Å². The lowest BCUT2D eigenvalue weighted by molar-refractivity contribution is -0.136. The molecule has 1 N–H and O–H groups in total. The maximum absolute atomic E-state index is 12.6. The van der Waals surface area contributed by atoms with Gasteiger partial charge in [-0.2, -0.15) is 0 Å². The monoisotopic (exact) mass is 280 g/mol. The van der Waals surface area contributed by atoms with Crippen molar-refractivity contribution in [1.82, 2.24) is 10.2 Å². The zero-order valence-corrected chi connectivity index (χ0v) is 12.6. The third-order valence-corrected chi connectivity index (χ3v) is 5.10. The first-order valence-electron chi connectivity index (χ1n) is 8.43. The van der Waals surface area contributed by atoms with E-state index in [0.717, 1.165) is 45.3 Å². The van der Waals surface area contributed by atoms with Crippen LogP contribution in [0.15, 0.2) is 0 Å². The van der Waals surface area contributed by atoms with Gasteiger partial charge in [0.25, 0.3) is 0 Å². The molecule has 1 amide bonds. The predicted molar refractivity (Wildman–Crippen MR) is 78.6 cm³/mol. The molecule has 0 saturated carbocycles. The molecule has 20 heavy (non-hydrogen) atoms.